The number of rotatable bonds is 8. The van der Waals surface area contributed by atoms with Crippen molar-refractivity contribution in [3.8, 4) is 0 Å². The normalized spacial score (nSPS) is 16.1. The van der Waals surface area contributed by atoms with Crippen molar-refractivity contribution in [3.05, 3.63) is 35.6 Å². The number of halogens is 1. The highest BCUT2D eigenvalue weighted by molar-refractivity contribution is 5.17. The maximum absolute atomic E-state index is 12.8. The third-order valence-electron chi connectivity index (χ3n) is 3.11. The van der Waals surface area contributed by atoms with Crippen LogP contribution in [-0.2, 0) is 11.2 Å². The summed E-state index contributed by atoms with van der Waals surface area (Å²) >= 11 is 0. The molecule has 1 rings (SSSR count). The van der Waals surface area contributed by atoms with Crippen molar-refractivity contribution >= 4 is 0 Å². The summed E-state index contributed by atoms with van der Waals surface area (Å²) in [6.45, 7) is 4.39. The Morgan fingerprint density at radius 1 is 1.21 bits per heavy atom. The molecule has 108 valence electrons. The molecule has 0 radical (unpaired) electrons. The molecule has 0 aliphatic carbocycles. The Bertz CT molecular complexity index is 353. The lowest BCUT2D eigenvalue weighted by Gasteiger charge is -2.24. The molecule has 19 heavy (non-hydrogen) atoms. The zero-order chi connectivity index (χ0) is 14.3. The average molecular weight is 270 g/mol. The Balaban J connectivity index is 2.42. The van der Waals surface area contributed by atoms with Gasteiger partial charge in [-0.2, -0.15) is 0 Å². The molecule has 0 saturated carbocycles. The summed E-state index contributed by atoms with van der Waals surface area (Å²) < 4.78 is 18.2. The second-order valence-corrected chi connectivity index (χ2v) is 4.82. The molecule has 0 aliphatic rings. The van der Waals surface area contributed by atoms with Gasteiger partial charge in [0, 0.05) is 13.0 Å². The number of unbranched alkanes of at least 4 members (excludes halogenated alkanes) is 1. The van der Waals surface area contributed by atoms with E-state index in [1.165, 1.54) is 12.1 Å². The third kappa shape index (κ3) is 5.68. The summed E-state index contributed by atoms with van der Waals surface area (Å²) in [7, 11) is 0. The first-order chi connectivity index (χ1) is 9.04. The molecule has 1 aromatic rings. The van der Waals surface area contributed by atoms with Gasteiger partial charge in [-0.25, -0.2) is 4.39 Å². The van der Waals surface area contributed by atoms with Gasteiger partial charge in [0.1, 0.15) is 11.9 Å². The number of hydrogen-bond donors (Lipinski definition) is 2. The highest BCUT2D eigenvalue weighted by Gasteiger charge is 2.23. The van der Waals surface area contributed by atoms with Crippen LogP contribution in [0.25, 0.3) is 0 Å². The Labute approximate surface area is 114 Å². The van der Waals surface area contributed by atoms with Gasteiger partial charge in [0.2, 0.25) is 0 Å². The second-order valence-electron chi connectivity index (χ2n) is 4.82. The number of hydrogen-bond acceptors (Lipinski definition) is 3. The van der Waals surface area contributed by atoms with Crippen LogP contribution in [-0.4, -0.2) is 35.1 Å². The third-order valence-corrected chi connectivity index (χ3v) is 3.11. The van der Waals surface area contributed by atoms with Gasteiger partial charge in [-0.1, -0.05) is 25.5 Å². The van der Waals surface area contributed by atoms with Crippen molar-refractivity contribution in [1.82, 2.24) is 0 Å². The first-order valence-corrected chi connectivity index (χ1v) is 6.76. The fraction of sp³-hybridized carbons (Fsp3) is 0.600. The lowest BCUT2D eigenvalue weighted by atomic mass is 10.0. The van der Waals surface area contributed by atoms with E-state index in [9.17, 15) is 14.6 Å². The molecule has 0 spiro atoms. The van der Waals surface area contributed by atoms with Gasteiger partial charge in [-0.15, -0.1) is 0 Å². The van der Waals surface area contributed by atoms with E-state index in [1.54, 1.807) is 19.1 Å². The molecule has 3 atom stereocenters. The second kappa shape index (κ2) is 8.25. The van der Waals surface area contributed by atoms with E-state index < -0.39 is 18.3 Å². The summed E-state index contributed by atoms with van der Waals surface area (Å²) in [5, 5.41) is 19.9. The predicted molar refractivity (Wildman–Crippen MR) is 72.4 cm³/mol. The van der Waals surface area contributed by atoms with E-state index in [0.717, 1.165) is 18.4 Å². The number of benzene rings is 1. The predicted octanol–water partition coefficient (Wildman–Crippen LogP) is 2.30. The molecule has 4 heteroatoms. The van der Waals surface area contributed by atoms with Crippen molar-refractivity contribution in [3.63, 3.8) is 0 Å². The molecule has 0 saturated heterocycles. The lowest BCUT2D eigenvalue weighted by Crippen LogP contribution is -2.38. The number of ether oxygens (including phenoxy) is 1. The SMILES string of the molecule is CCCCO[C@@H](C)[C@H](O)[C@H](O)Cc1ccc(F)cc1. The van der Waals surface area contributed by atoms with E-state index in [1.807, 2.05) is 0 Å². The maximum atomic E-state index is 12.8. The fourth-order valence-electron chi connectivity index (χ4n) is 1.81. The molecule has 0 bridgehead atoms. The quantitative estimate of drug-likeness (QED) is 0.713. The van der Waals surface area contributed by atoms with Gasteiger partial charge in [-0.05, 0) is 31.0 Å². The Morgan fingerprint density at radius 2 is 1.84 bits per heavy atom. The monoisotopic (exact) mass is 270 g/mol. The van der Waals surface area contributed by atoms with Gasteiger partial charge in [0.15, 0.2) is 0 Å². The summed E-state index contributed by atoms with van der Waals surface area (Å²) in [5.74, 6) is -0.310. The van der Waals surface area contributed by atoms with Gasteiger partial charge in [0.25, 0.3) is 0 Å². The van der Waals surface area contributed by atoms with Crippen molar-refractivity contribution in [2.24, 2.45) is 0 Å². The van der Waals surface area contributed by atoms with Gasteiger partial charge >= 0.3 is 0 Å². The van der Waals surface area contributed by atoms with Crippen molar-refractivity contribution in [1.29, 1.82) is 0 Å². The largest absolute Gasteiger partial charge is 0.390 e. The molecule has 0 fully saturated rings. The lowest BCUT2D eigenvalue weighted by molar-refractivity contribution is -0.0818. The highest BCUT2D eigenvalue weighted by Crippen LogP contribution is 2.12. The number of aliphatic hydroxyl groups excluding tert-OH is 2. The molecule has 3 nitrogen and oxygen atoms in total. The van der Waals surface area contributed by atoms with Crippen LogP contribution in [0.3, 0.4) is 0 Å². The first kappa shape index (κ1) is 16.1. The topological polar surface area (TPSA) is 49.7 Å². The van der Waals surface area contributed by atoms with Crippen LogP contribution in [0.5, 0.6) is 0 Å². The molecule has 2 N–H and O–H groups in total. The first-order valence-electron chi connectivity index (χ1n) is 6.76. The molecule has 0 amide bonds. The van der Waals surface area contributed by atoms with Crippen LogP contribution < -0.4 is 0 Å². The van der Waals surface area contributed by atoms with Crippen LogP contribution in [0.2, 0.25) is 0 Å². The van der Waals surface area contributed by atoms with Gasteiger partial charge in [0.05, 0.1) is 12.2 Å². The molecule has 1 aromatic carbocycles. The molecule has 0 aromatic heterocycles. The zero-order valence-corrected chi connectivity index (χ0v) is 11.6. The molecule has 0 aliphatic heterocycles. The van der Waals surface area contributed by atoms with Crippen LogP contribution in [0, 0.1) is 5.82 Å². The van der Waals surface area contributed by atoms with Crippen LogP contribution in [0.15, 0.2) is 24.3 Å². The zero-order valence-electron chi connectivity index (χ0n) is 11.6. The van der Waals surface area contributed by atoms with E-state index in [-0.39, 0.29) is 12.2 Å². The maximum Gasteiger partial charge on any atom is 0.123 e. The average Bonchev–Trinajstić information content (AvgIpc) is 2.40. The fourth-order valence-corrected chi connectivity index (χ4v) is 1.81. The molecule has 0 heterocycles. The van der Waals surface area contributed by atoms with Crippen LogP contribution >= 0.6 is 0 Å². The van der Waals surface area contributed by atoms with Crippen molar-refractivity contribution in [2.45, 2.75) is 51.4 Å². The Hall–Kier alpha value is -0.970. The minimum Gasteiger partial charge on any atom is -0.390 e. The van der Waals surface area contributed by atoms with E-state index in [2.05, 4.69) is 6.92 Å². The Kier molecular flexibility index (Phi) is 6.99. The molecular formula is C15H23FO3. The molecular weight excluding hydrogens is 247 g/mol. The summed E-state index contributed by atoms with van der Waals surface area (Å²) in [4.78, 5) is 0. The van der Waals surface area contributed by atoms with Crippen molar-refractivity contribution < 1.29 is 19.3 Å². The van der Waals surface area contributed by atoms with Gasteiger partial charge < -0.3 is 14.9 Å². The minimum absolute atomic E-state index is 0.281. The van der Waals surface area contributed by atoms with E-state index in [0.29, 0.717) is 6.61 Å². The summed E-state index contributed by atoms with van der Waals surface area (Å²) in [5.41, 5.74) is 0.786. The summed E-state index contributed by atoms with van der Waals surface area (Å²) in [6, 6.07) is 5.90. The standard InChI is InChI=1S/C15H23FO3/c1-3-4-9-19-11(2)15(18)14(17)10-12-5-7-13(16)8-6-12/h5-8,11,14-15,17-18H,3-4,9-10H2,1-2H3/t11-,14+,15-/m0/s1. The highest BCUT2D eigenvalue weighted by atomic mass is 19.1. The van der Waals surface area contributed by atoms with E-state index in [4.69, 9.17) is 4.74 Å². The van der Waals surface area contributed by atoms with Crippen LogP contribution in [0.1, 0.15) is 32.3 Å². The molecule has 0 unspecified atom stereocenters. The summed E-state index contributed by atoms with van der Waals surface area (Å²) in [6.07, 6.45) is -0.0272. The van der Waals surface area contributed by atoms with Gasteiger partial charge in [-0.3, -0.25) is 0 Å². The van der Waals surface area contributed by atoms with Crippen LogP contribution in [0.4, 0.5) is 4.39 Å². The smallest absolute Gasteiger partial charge is 0.123 e. The van der Waals surface area contributed by atoms with E-state index >= 15 is 0 Å². The van der Waals surface area contributed by atoms with Crippen molar-refractivity contribution in [2.75, 3.05) is 6.61 Å². The Morgan fingerprint density at radius 3 is 2.42 bits per heavy atom. The number of aliphatic hydroxyl groups is 2. The minimum atomic E-state index is -0.943.